The Kier molecular flexibility index (Phi) is 5.68. The lowest BCUT2D eigenvalue weighted by molar-refractivity contribution is 0.212. The molecule has 0 amide bonds. The molecule has 1 aliphatic rings. The van der Waals surface area contributed by atoms with Crippen LogP contribution in [0.5, 0.6) is 0 Å². The van der Waals surface area contributed by atoms with Gasteiger partial charge in [-0.1, -0.05) is 30.7 Å². The molecule has 1 saturated heterocycles. The Hall–Kier alpha value is -0.570. The van der Waals surface area contributed by atoms with Crippen molar-refractivity contribution in [1.29, 1.82) is 0 Å². The molecule has 1 fully saturated rings. The summed E-state index contributed by atoms with van der Waals surface area (Å²) in [6.45, 7) is 5.85. The summed E-state index contributed by atoms with van der Waals surface area (Å²) in [5.74, 6) is 0.831. The highest BCUT2D eigenvalue weighted by molar-refractivity contribution is 6.30. The Balaban J connectivity index is 1.84. The van der Waals surface area contributed by atoms with Crippen molar-refractivity contribution in [2.45, 2.75) is 32.2 Å². The number of likely N-dealkylation sites (tertiary alicyclic amines) is 1. The van der Waals surface area contributed by atoms with E-state index in [2.05, 4.69) is 36.3 Å². The van der Waals surface area contributed by atoms with Gasteiger partial charge in [0.05, 0.1) is 0 Å². The molecule has 1 N–H and O–H groups in total. The molecule has 0 radical (unpaired) electrons. The fourth-order valence-corrected chi connectivity index (χ4v) is 2.89. The van der Waals surface area contributed by atoms with Gasteiger partial charge in [0.1, 0.15) is 0 Å². The highest BCUT2D eigenvalue weighted by Crippen LogP contribution is 2.21. The Morgan fingerprint density at radius 2 is 1.89 bits per heavy atom. The zero-order valence-corrected chi connectivity index (χ0v) is 12.8. The molecule has 1 aliphatic heterocycles. The summed E-state index contributed by atoms with van der Waals surface area (Å²) in [4.78, 5) is 2.42. The Morgan fingerprint density at radius 1 is 1.26 bits per heavy atom. The fraction of sp³-hybridized carbons (Fsp3) is 0.625. The summed E-state index contributed by atoms with van der Waals surface area (Å²) in [5.41, 5.74) is 1.35. The molecule has 2 rings (SSSR count). The van der Waals surface area contributed by atoms with Crippen LogP contribution in [-0.2, 0) is 0 Å². The second kappa shape index (κ2) is 7.28. The number of nitrogens with one attached hydrogen (secondary N) is 1. The van der Waals surface area contributed by atoms with Crippen molar-refractivity contribution in [2.24, 2.45) is 5.92 Å². The van der Waals surface area contributed by atoms with Gasteiger partial charge in [-0.25, -0.2) is 0 Å². The monoisotopic (exact) mass is 280 g/mol. The van der Waals surface area contributed by atoms with Gasteiger partial charge < -0.3 is 10.2 Å². The maximum atomic E-state index is 5.95. The molecule has 2 nitrogen and oxygen atoms in total. The predicted molar refractivity (Wildman–Crippen MR) is 82.7 cm³/mol. The molecule has 0 aliphatic carbocycles. The van der Waals surface area contributed by atoms with E-state index >= 15 is 0 Å². The first-order chi connectivity index (χ1) is 9.19. The minimum atomic E-state index is 0.455. The average molecular weight is 281 g/mol. The molecule has 0 bridgehead atoms. The minimum absolute atomic E-state index is 0.455. The lowest BCUT2D eigenvalue weighted by Gasteiger charge is -2.30. The molecule has 1 unspecified atom stereocenters. The Morgan fingerprint density at radius 3 is 2.47 bits per heavy atom. The third-order valence-electron chi connectivity index (χ3n) is 4.17. The molecular weight excluding hydrogens is 256 g/mol. The van der Waals surface area contributed by atoms with Gasteiger partial charge in [0, 0.05) is 11.1 Å². The van der Waals surface area contributed by atoms with Crippen LogP contribution < -0.4 is 5.32 Å². The van der Waals surface area contributed by atoms with Gasteiger partial charge >= 0.3 is 0 Å². The quantitative estimate of drug-likeness (QED) is 0.884. The molecule has 19 heavy (non-hydrogen) atoms. The van der Waals surface area contributed by atoms with Crippen LogP contribution >= 0.6 is 11.6 Å². The zero-order chi connectivity index (χ0) is 13.7. The van der Waals surface area contributed by atoms with Gasteiger partial charge in [0.2, 0.25) is 0 Å². The number of hydrogen-bond donors (Lipinski definition) is 1. The smallest absolute Gasteiger partial charge is 0.0406 e. The van der Waals surface area contributed by atoms with Crippen LogP contribution in [-0.4, -0.2) is 31.6 Å². The number of benzene rings is 1. The number of nitrogens with zero attached hydrogens (tertiary/aromatic N) is 1. The molecule has 1 atom stereocenters. The summed E-state index contributed by atoms with van der Waals surface area (Å²) in [5, 5.41) is 4.54. The van der Waals surface area contributed by atoms with Crippen LogP contribution in [0.15, 0.2) is 24.3 Å². The molecule has 106 valence electrons. The van der Waals surface area contributed by atoms with Crippen molar-refractivity contribution in [2.75, 3.05) is 26.7 Å². The highest BCUT2D eigenvalue weighted by Gasteiger charge is 2.18. The third kappa shape index (κ3) is 4.48. The molecule has 1 aromatic carbocycles. The van der Waals surface area contributed by atoms with E-state index in [9.17, 15) is 0 Å². The highest BCUT2D eigenvalue weighted by atomic mass is 35.5. The molecule has 0 spiro atoms. The number of piperidine rings is 1. The summed E-state index contributed by atoms with van der Waals surface area (Å²) in [7, 11) is 2.21. The minimum Gasteiger partial charge on any atom is -0.310 e. The molecule has 0 aromatic heterocycles. The van der Waals surface area contributed by atoms with Gasteiger partial charge in [-0.05, 0) is 69.6 Å². The lowest BCUT2D eigenvalue weighted by Crippen LogP contribution is -2.36. The maximum Gasteiger partial charge on any atom is 0.0406 e. The zero-order valence-electron chi connectivity index (χ0n) is 12.0. The van der Waals surface area contributed by atoms with Crippen molar-refractivity contribution in [3.8, 4) is 0 Å². The van der Waals surface area contributed by atoms with Crippen LogP contribution in [0.25, 0.3) is 0 Å². The van der Waals surface area contributed by atoms with Gasteiger partial charge in [0.15, 0.2) is 0 Å². The number of hydrogen-bond acceptors (Lipinski definition) is 2. The van der Waals surface area contributed by atoms with Crippen molar-refractivity contribution < 1.29 is 0 Å². The fourth-order valence-electron chi connectivity index (χ4n) is 2.77. The maximum absolute atomic E-state index is 5.95. The molecule has 1 heterocycles. The summed E-state index contributed by atoms with van der Waals surface area (Å²) in [6, 6.07) is 8.70. The topological polar surface area (TPSA) is 15.3 Å². The van der Waals surface area contributed by atoms with Crippen LogP contribution in [0.2, 0.25) is 5.02 Å². The van der Waals surface area contributed by atoms with E-state index in [1.165, 1.54) is 31.5 Å². The van der Waals surface area contributed by atoms with E-state index < -0.39 is 0 Å². The molecule has 3 heteroatoms. The van der Waals surface area contributed by atoms with Crippen molar-refractivity contribution in [3.05, 3.63) is 34.9 Å². The van der Waals surface area contributed by atoms with E-state index in [1.54, 1.807) is 0 Å². The van der Waals surface area contributed by atoms with E-state index in [4.69, 9.17) is 11.6 Å². The number of halogens is 1. The summed E-state index contributed by atoms with van der Waals surface area (Å²) < 4.78 is 0. The number of rotatable bonds is 5. The van der Waals surface area contributed by atoms with E-state index in [-0.39, 0.29) is 0 Å². The van der Waals surface area contributed by atoms with Crippen molar-refractivity contribution in [1.82, 2.24) is 10.2 Å². The van der Waals surface area contributed by atoms with E-state index in [0.717, 1.165) is 23.9 Å². The van der Waals surface area contributed by atoms with Crippen LogP contribution in [0.1, 0.15) is 37.8 Å². The van der Waals surface area contributed by atoms with Gasteiger partial charge in [-0.2, -0.15) is 0 Å². The average Bonchev–Trinajstić information content (AvgIpc) is 2.43. The molecule has 0 saturated carbocycles. The summed E-state index contributed by atoms with van der Waals surface area (Å²) >= 11 is 5.95. The first-order valence-electron chi connectivity index (χ1n) is 7.36. The van der Waals surface area contributed by atoms with Crippen molar-refractivity contribution in [3.63, 3.8) is 0 Å². The standard InChI is InChI=1S/C16H25ClN2/c1-3-16(14-4-6-15(17)7-5-14)18-12-13-8-10-19(2)11-9-13/h4-7,13,16,18H,3,8-12H2,1-2H3. The normalized spacial score (nSPS) is 19.5. The molecule has 1 aromatic rings. The van der Waals surface area contributed by atoms with E-state index in [0.29, 0.717) is 6.04 Å². The van der Waals surface area contributed by atoms with Crippen molar-refractivity contribution >= 4 is 11.6 Å². The molecular formula is C16H25ClN2. The lowest BCUT2D eigenvalue weighted by atomic mass is 9.96. The third-order valence-corrected chi connectivity index (χ3v) is 4.42. The van der Waals surface area contributed by atoms with Crippen LogP contribution in [0.4, 0.5) is 0 Å². The largest absolute Gasteiger partial charge is 0.310 e. The first-order valence-corrected chi connectivity index (χ1v) is 7.74. The van der Waals surface area contributed by atoms with Crippen LogP contribution in [0.3, 0.4) is 0 Å². The SMILES string of the molecule is CCC(NCC1CCN(C)CC1)c1ccc(Cl)cc1. The Bertz CT molecular complexity index is 369. The van der Waals surface area contributed by atoms with Gasteiger partial charge in [-0.3, -0.25) is 0 Å². The van der Waals surface area contributed by atoms with Gasteiger partial charge in [-0.15, -0.1) is 0 Å². The van der Waals surface area contributed by atoms with Crippen LogP contribution in [0, 0.1) is 5.92 Å². The predicted octanol–water partition coefficient (Wildman–Crippen LogP) is 3.72. The summed E-state index contributed by atoms with van der Waals surface area (Å²) in [6.07, 6.45) is 3.76. The van der Waals surface area contributed by atoms with Gasteiger partial charge in [0.25, 0.3) is 0 Å². The van der Waals surface area contributed by atoms with E-state index in [1.807, 2.05) is 12.1 Å². The second-order valence-electron chi connectivity index (χ2n) is 5.67. The second-order valence-corrected chi connectivity index (χ2v) is 6.10. The first kappa shape index (κ1) is 14.8. The Labute approximate surface area is 122 Å².